The zero-order chi connectivity index (χ0) is 17.1. The number of ether oxygens (including phenoxy) is 2. The molecule has 6 nitrogen and oxygen atoms in total. The van der Waals surface area contributed by atoms with Gasteiger partial charge >= 0.3 is 21.6 Å². The fourth-order valence-electron chi connectivity index (χ4n) is 1.36. The van der Waals surface area contributed by atoms with Gasteiger partial charge in [0.05, 0.1) is 13.2 Å². The van der Waals surface area contributed by atoms with E-state index in [-0.39, 0.29) is 11.9 Å². The van der Waals surface area contributed by atoms with Crippen LogP contribution in [0.2, 0.25) is 0 Å². The molecule has 0 heterocycles. The summed E-state index contributed by atoms with van der Waals surface area (Å²) in [6.45, 7) is 3.31. The molecule has 1 aromatic rings. The van der Waals surface area contributed by atoms with E-state index in [2.05, 4.69) is 8.92 Å². The lowest BCUT2D eigenvalue weighted by Gasteiger charge is -2.15. The molecule has 0 aliphatic carbocycles. The van der Waals surface area contributed by atoms with Crippen LogP contribution >= 0.6 is 0 Å². The highest BCUT2D eigenvalue weighted by Crippen LogP contribution is 2.32. The molecule has 0 fully saturated rings. The lowest BCUT2D eigenvalue weighted by molar-refractivity contribution is -0.0500. The van der Waals surface area contributed by atoms with Crippen molar-refractivity contribution in [1.29, 1.82) is 0 Å². The van der Waals surface area contributed by atoms with E-state index < -0.39 is 32.9 Å². The molecule has 1 rings (SSSR count). The number of rotatable bonds is 5. The van der Waals surface area contributed by atoms with Crippen molar-refractivity contribution in [2.45, 2.75) is 25.5 Å². The zero-order valence-electron chi connectivity index (χ0n) is 11.8. The third kappa shape index (κ3) is 4.26. The second kappa shape index (κ2) is 6.42. The molecule has 0 unspecified atom stereocenters. The molecule has 1 aromatic carbocycles. The molecule has 0 N–H and O–H groups in total. The highest BCUT2D eigenvalue weighted by atomic mass is 32.2. The van der Waals surface area contributed by atoms with Crippen LogP contribution in [0.3, 0.4) is 0 Å². The van der Waals surface area contributed by atoms with Gasteiger partial charge in [-0.1, -0.05) is 0 Å². The number of carbonyl (C=O) groups excluding carboxylic acids is 1. The third-order valence-corrected chi connectivity index (χ3v) is 3.18. The molecule has 0 bridgehead atoms. The average molecular weight is 342 g/mol. The molecule has 124 valence electrons. The topological polar surface area (TPSA) is 78.9 Å². The predicted octanol–water partition coefficient (Wildman–Crippen LogP) is 2.49. The molecule has 10 heteroatoms. The fraction of sp³-hybridized carbons (Fsp3) is 0.417. The lowest BCUT2D eigenvalue weighted by Crippen LogP contribution is -2.28. The van der Waals surface area contributed by atoms with Crippen molar-refractivity contribution in [3.05, 3.63) is 23.8 Å². The second-order valence-corrected chi connectivity index (χ2v) is 5.84. The molecule has 0 radical (unpaired) electrons. The van der Waals surface area contributed by atoms with E-state index >= 15 is 0 Å². The number of hydrogen-bond donors (Lipinski definition) is 0. The van der Waals surface area contributed by atoms with Crippen molar-refractivity contribution in [2.24, 2.45) is 0 Å². The maximum atomic E-state index is 12.4. The summed E-state index contributed by atoms with van der Waals surface area (Å²) >= 11 is 0. The Morgan fingerprint density at radius 2 is 1.82 bits per heavy atom. The van der Waals surface area contributed by atoms with Crippen LogP contribution in [-0.4, -0.2) is 33.1 Å². The van der Waals surface area contributed by atoms with Gasteiger partial charge in [0.1, 0.15) is 11.3 Å². The van der Waals surface area contributed by atoms with Gasteiger partial charge in [-0.05, 0) is 26.0 Å². The summed E-state index contributed by atoms with van der Waals surface area (Å²) in [5.74, 6) is -1.85. The van der Waals surface area contributed by atoms with E-state index in [1.807, 2.05) is 0 Å². The number of hydrogen-bond acceptors (Lipinski definition) is 6. The summed E-state index contributed by atoms with van der Waals surface area (Å²) in [6.07, 6.45) is -0.323. The van der Waals surface area contributed by atoms with E-state index in [0.717, 1.165) is 19.2 Å². The van der Waals surface area contributed by atoms with Crippen molar-refractivity contribution in [3.63, 3.8) is 0 Å². The molecule has 0 saturated carbocycles. The molecule has 0 aromatic heterocycles. The van der Waals surface area contributed by atoms with Gasteiger partial charge in [-0.15, -0.1) is 0 Å². The Morgan fingerprint density at radius 3 is 2.27 bits per heavy atom. The number of alkyl halides is 3. The predicted molar refractivity (Wildman–Crippen MR) is 69.1 cm³/mol. The molecule has 22 heavy (non-hydrogen) atoms. The summed E-state index contributed by atoms with van der Waals surface area (Å²) in [6, 6.07) is 3.19. The van der Waals surface area contributed by atoms with Crippen LogP contribution in [0.1, 0.15) is 24.2 Å². The number of halogens is 3. The van der Waals surface area contributed by atoms with Gasteiger partial charge in [-0.2, -0.15) is 21.6 Å². The highest BCUT2D eigenvalue weighted by molar-refractivity contribution is 7.88. The van der Waals surface area contributed by atoms with Crippen LogP contribution in [0.15, 0.2) is 18.2 Å². The maximum Gasteiger partial charge on any atom is 0.534 e. The zero-order valence-corrected chi connectivity index (χ0v) is 12.6. The highest BCUT2D eigenvalue weighted by Gasteiger charge is 2.49. The van der Waals surface area contributed by atoms with Gasteiger partial charge in [0.15, 0.2) is 5.75 Å². The molecule has 0 spiro atoms. The van der Waals surface area contributed by atoms with E-state index in [1.165, 1.54) is 6.07 Å². The Balaban J connectivity index is 3.31. The van der Waals surface area contributed by atoms with Crippen molar-refractivity contribution in [1.82, 2.24) is 0 Å². The third-order valence-electron chi connectivity index (χ3n) is 2.21. The Morgan fingerprint density at radius 1 is 1.23 bits per heavy atom. The monoisotopic (exact) mass is 342 g/mol. The smallest absolute Gasteiger partial charge is 0.491 e. The Bertz CT molecular complexity index is 651. The number of carbonyl (C=O) groups is 1. The molecular weight excluding hydrogens is 329 g/mol. The molecule has 0 aliphatic rings. The van der Waals surface area contributed by atoms with Crippen LogP contribution in [0.5, 0.6) is 11.5 Å². The van der Waals surface area contributed by atoms with Gasteiger partial charge in [-0.25, -0.2) is 4.79 Å². The number of methoxy groups -OCH3 is 1. The first-order valence-corrected chi connectivity index (χ1v) is 7.28. The minimum atomic E-state index is -5.92. The van der Waals surface area contributed by atoms with Crippen molar-refractivity contribution in [2.75, 3.05) is 7.11 Å². The first kappa shape index (κ1) is 18.1. The minimum absolute atomic E-state index is 0.0371. The van der Waals surface area contributed by atoms with Gasteiger partial charge < -0.3 is 13.7 Å². The Labute approximate surface area is 124 Å². The summed E-state index contributed by atoms with van der Waals surface area (Å²) in [4.78, 5) is 11.5. The van der Waals surface area contributed by atoms with Gasteiger partial charge in [-0.3, -0.25) is 0 Å². The summed E-state index contributed by atoms with van der Waals surface area (Å²) in [5, 5.41) is 0. The summed E-state index contributed by atoms with van der Waals surface area (Å²) in [7, 11) is -4.93. The van der Waals surface area contributed by atoms with E-state index in [0.29, 0.717) is 0 Å². The van der Waals surface area contributed by atoms with E-state index in [9.17, 15) is 26.4 Å². The largest absolute Gasteiger partial charge is 0.534 e. The van der Waals surface area contributed by atoms with Crippen LogP contribution < -0.4 is 8.92 Å². The van der Waals surface area contributed by atoms with E-state index in [4.69, 9.17) is 4.74 Å². The van der Waals surface area contributed by atoms with Crippen molar-refractivity contribution < 1.29 is 40.0 Å². The van der Waals surface area contributed by atoms with E-state index in [1.54, 1.807) is 13.8 Å². The SMILES string of the molecule is COC(=O)c1ccc(OC(C)C)cc1OS(=O)(=O)C(F)(F)F. The Hall–Kier alpha value is -1.97. The van der Waals surface area contributed by atoms with Crippen LogP contribution in [0.25, 0.3) is 0 Å². The normalized spacial score (nSPS) is 12.1. The molecule has 0 atom stereocenters. The van der Waals surface area contributed by atoms with Gasteiger partial charge in [0, 0.05) is 6.07 Å². The standard InChI is InChI=1S/C12H13F3O6S/c1-7(2)20-8-4-5-9(11(16)19-3)10(6-8)21-22(17,18)12(13,14)15/h4-7H,1-3H3. The van der Waals surface area contributed by atoms with Crippen LogP contribution in [0, 0.1) is 0 Å². The molecule has 0 saturated heterocycles. The summed E-state index contributed by atoms with van der Waals surface area (Å²) in [5.41, 5.74) is -6.11. The molecular formula is C12H13F3O6S. The van der Waals surface area contributed by atoms with Gasteiger partial charge in [0.2, 0.25) is 0 Å². The first-order valence-electron chi connectivity index (χ1n) is 5.87. The average Bonchev–Trinajstić information content (AvgIpc) is 2.35. The number of benzene rings is 1. The fourth-order valence-corrected chi connectivity index (χ4v) is 1.83. The van der Waals surface area contributed by atoms with Gasteiger partial charge in [0.25, 0.3) is 0 Å². The first-order chi connectivity index (χ1) is 9.98. The quantitative estimate of drug-likeness (QED) is 0.465. The van der Waals surface area contributed by atoms with Crippen molar-refractivity contribution >= 4 is 16.1 Å². The lowest BCUT2D eigenvalue weighted by atomic mass is 10.2. The maximum absolute atomic E-state index is 12.4. The second-order valence-electron chi connectivity index (χ2n) is 4.30. The molecule has 0 aliphatic heterocycles. The Kier molecular flexibility index (Phi) is 5.28. The minimum Gasteiger partial charge on any atom is -0.491 e. The van der Waals surface area contributed by atoms with Crippen LogP contribution in [-0.2, 0) is 14.9 Å². The molecule has 0 amide bonds. The summed E-state index contributed by atoms with van der Waals surface area (Å²) < 4.78 is 72.9. The number of esters is 1. The van der Waals surface area contributed by atoms with Crippen molar-refractivity contribution in [3.8, 4) is 11.5 Å². The van der Waals surface area contributed by atoms with Crippen LogP contribution in [0.4, 0.5) is 13.2 Å².